The number of para-hydroxylation sites is 1. The van der Waals surface area contributed by atoms with Crippen LogP contribution in [0.25, 0.3) is 0 Å². The van der Waals surface area contributed by atoms with E-state index in [1.807, 2.05) is 24.3 Å². The van der Waals surface area contributed by atoms with Crippen molar-refractivity contribution in [3.63, 3.8) is 0 Å². The highest BCUT2D eigenvalue weighted by Crippen LogP contribution is 2.22. The lowest BCUT2D eigenvalue weighted by atomic mass is 10.1. The van der Waals surface area contributed by atoms with Crippen LogP contribution in [0.3, 0.4) is 0 Å². The number of aromatic nitrogens is 1. The molecule has 5 nitrogen and oxygen atoms in total. The summed E-state index contributed by atoms with van der Waals surface area (Å²) in [5, 5.41) is 3.23. The van der Waals surface area contributed by atoms with Gasteiger partial charge in [-0.3, -0.25) is 4.72 Å². The topological polar surface area (TPSA) is 71.1 Å². The third kappa shape index (κ3) is 4.43. The van der Waals surface area contributed by atoms with Crippen LogP contribution in [0.4, 0.5) is 21.6 Å². The molecule has 0 spiro atoms. The van der Waals surface area contributed by atoms with Gasteiger partial charge in [-0.2, -0.15) is 0 Å². The van der Waals surface area contributed by atoms with Crippen molar-refractivity contribution < 1.29 is 12.8 Å². The highest BCUT2D eigenvalue weighted by atomic mass is 32.2. The summed E-state index contributed by atoms with van der Waals surface area (Å²) in [5.41, 5.74) is 2.72. The van der Waals surface area contributed by atoms with E-state index < -0.39 is 15.8 Å². The van der Waals surface area contributed by atoms with E-state index in [2.05, 4.69) is 21.9 Å². The van der Waals surface area contributed by atoms with Gasteiger partial charge in [0, 0.05) is 5.69 Å². The zero-order chi connectivity index (χ0) is 19.4. The first kappa shape index (κ1) is 18.8. The smallest absolute Gasteiger partial charge is 0.261 e. The van der Waals surface area contributed by atoms with E-state index >= 15 is 0 Å². The number of rotatable bonds is 6. The van der Waals surface area contributed by atoms with Crippen LogP contribution >= 0.6 is 0 Å². The molecule has 0 aliphatic carbocycles. The highest BCUT2D eigenvalue weighted by molar-refractivity contribution is 7.92. The molecule has 2 aromatic carbocycles. The maximum Gasteiger partial charge on any atom is 0.261 e. The molecule has 0 bridgehead atoms. The van der Waals surface area contributed by atoms with E-state index in [0.29, 0.717) is 11.5 Å². The Hall–Kier alpha value is -2.93. The molecule has 7 heteroatoms. The van der Waals surface area contributed by atoms with Gasteiger partial charge in [0.1, 0.15) is 11.6 Å². The predicted octanol–water partition coefficient (Wildman–Crippen LogP) is 4.64. The quantitative estimate of drug-likeness (QED) is 0.649. The fourth-order valence-electron chi connectivity index (χ4n) is 2.62. The SMILES string of the molecule is CCc1ccccc1Nc1ccc(NS(=O)(=O)c2ccc(F)c(C)c2)cn1. The van der Waals surface area contributed by atoms with Crippen LogP contribution in [-0.2, 0) is 16.4 Å². The number of nitrogens with one attached hydrogen (secondary N) is 2. The third-order valence-corrected chi connectivity index (χ3v) is 5.50. The zero-order valence-corrected chi connectivity index (χ0v) is 15.8. The molecule has 140 valence electrons. The molecule has 0 saturated carbocycles. The second-order valence-corrected chi connectivity index (χ2v) is 7.77. The number of nitrogens with zero attached hydrogens (tertiary/aromatic N) is 1. The average molecular weight is 385 g/mol. The summed E-state index contributed by atoms with van der Waals surface area (Å²) in [6.07, 6.45) is 2.32. The number of hydrogen-bond acceptors (Lipinski definition) is 4. The summed E-state index contributed by atoms with van der Waals surface area (Å²) in [6, 6.07) is 14.9. The Morgan fingerprint density at radius 2 is 1.85 bits per heavy atom. The average Bonchev–Trinajstić information content (AvgIpc) is 2.65. The van der Waals surface area contributed by atoms with Gasteiger partial charge in [0.2, 0.25) is 0 Å². The first-order valence-corrected chi connectivity index (χ1v) is 9.97. The van der Waals surface area contributed by atoms with Gasteiger partial charge in [-0.1, -0.05) is 25.1 Å². The van der Waals surface area contributed by atoms with E-state index in [9.17, 15) is 12.8 Å². The van der Waals surface area contributed by atoms with Crippen molar-refractivity contribution in [2.75, 3.05) is 10.0 Å². The van der Waals surface area contributed by atoms with Crippen LogP contribution in [0.5, 0.6) is 0 Å². The Balaban J connectivity index is 1.76. The van der Waals surface area contributed by atoms with E-state index in [-0.39, 0.29) is 10.5 Å². The van der Waals surface area contributed by atoms with Crippen molar-refractivity contribution in [1.29, 1.82) is 0 Å². The predicted molar refractivity (Wildman–Crippen MR) is 105 cm³/mol. The minimum Gasteiger partial charge on any atom is -0.340 e. The van der Waals surface area contributed by atoms with Crippen molar-refractivity contribution in [2.45, 2.75) is 25.2 Å². The number of anilines is 3. The molecule has 27 heavy (non-hydrogen) atoms. The van der Waals surface area contributed by atoms with E-state index in [1.54, 1.807) is 12.1 Å². The van der Waals surface area contributed by atoms with Crippen molar-refractivity contribution in [1.82, 2.24) is 4.98 Å². The third-order valence-electron chi connectivity index (χ3n) is 4.12. The number of sulfonamides is 1. The van der Waals surface area contributed by atoms with Gasteiger partial charge in [0.15, 0.2) is 0 Å². The molecule has 0 radical (unpaired) electrons. The Morgan fingerprint density at radius 3 is 2.52 bits per heavy atom. The van der Waals surface area contributed by atoms with Crippen molar-refractivity contribution in [3.05, 3.63) is 77.7 Å². The molecule has 1 heterocycles. The summed E-state index contributed by atoms with van der Waals surface area (Å²) in [4.78, 5) is 4.26. The monoisotopic (exact) mass is 385 g/mol. The summed E-state index contributed by atoms with van der Waals surface area (Å²) in [6.45, 7) is 3.59. The highest BCUT2D eigenvalue weighted by Gasteiger charge is 2.15. The Morgan fingerprint density at radius 1 is 1.07 bits per heavy atom. The van der Waals surface area contributed by atoms with Gasteiger partial charge in [-0.05, 0) is 60.9 Å². The van der Waals surface area contributed by atoms with Gasteiger partial charge in [0.25, 0.3) is 10.0 Å². The Bertz CT molecular complexity index is 1050. The molecule has 0 unspecified atom stereocenters. The summed E-state index contributed by atoms with van der Waals surface area (Å²) in [5.74, 6) is 0.162. The molecule has 0 aliphatic heterocycles. The maximum atomic E-state index is 13.4. The fraction of sp³-hybridized carbons (Fsp3) is 0.150. The van der Waals surface area contributed by atoms with Gasteiger partial charge in [-0.15, -0.1) is 0 Å². The zero-order valence-electron chi connectivity index (χ0n) is 15.0. The summed E-state index contributed by atoms with van der Waals surface area (Å²) < 4.78 is 40.7. The molecule has 1 aromatic heterocycles. The molecular formula is C20H20FN3O2S. The van der Waals surface area contributed by atoms with Gasteiger partial charge < -0.3 is 5.32 Å². The summed E-state index contributed by atoms with van der Waals surface area (Å²) in [7, 11) is -3.81. The van der Waals surface area contributed by atoms with Crippen LogP contribution in [0.2, 0.25) is 0 Å². The molecule has 0 atom stereocenters. The Kier molecular flexibility index (Phi) is 5.41. The second-order valence-electron chi connectivity index (χ2n) is 6.08. The first-order chi connectivity index (χ1) is 12.9. The number of pyridine rings is 1. The number of aryl methyl sites for hydroxylation is 2. The standard InChI is InChI=1S/C20H20FN3O2S/c1-3-15-6-4-5-7-19(15)23-20-11-8-16(13-22-20)24-27(25,26)17-9-10-18(21)14(2)12-17/h4-13,24H,3H2,1-2H3,(H,22,23). The number of hydrogen-bond donors (Lipinski definition) is 2. The van der Waals surface area contributed by atoms with Crippen molar-refractivity contribution in [2.24, 2.45) is 0 Å². The largest absolute Gasteiger partial charge is 0.340 e. The lowest BCUT2D eigenvalue weighted by Crippen LogP contribution is -2.13. The molecular weight excluding hydrogens is 365 g/mol. The normalized spacial score (nSPS) is 11.2. The van der Waals surface area contributed by atoms with Crippen molar-refractivity contribution >= 4 is 27.2 Å². The molecule has 2 N–H and O–H groups in total. The van der Waals surface area contributed by atoms with Gasteiger partial charge in [-0.25, -0.2) is 17.8 Å². The fourth-order valence-corrected chi connectivity index (χ4v) is 3.74. The summed E-state index contributed by atoms with van der Waals surface area (Å²) >= 11 is 0. The Labute approximate surface area is 158 Å². The molecule has 3 rings (SSSR count). The van der Waals surface area contributed by atoms with Gasteiger partial charge in [0.05, 0.1) is 16.8 Å². The van der Waals surface area contributed by atoms with Gasteiger partial charge >= 0.3 is 0 Å². The van der Waals surface area contributed by atoms with Crippen LogP contribution in [0.1, 0.15) is 18.1 Å². The van der Waals surface area contributed by atoms with Crippen LogP contribution in [0, 0.1) is 12.7 Å². The molecule has 0 amide bonds. The molecule has 3 aromatic rings. The molecule has 0 aliphatic rings. The lowest BCUT2D eigenvalue weighted by molar-refractivity contribution is 0.598. The van der Waals surface area contributed by atoms with Crippen molar-refractivity contribution in [3.8, 4) is 0 Å². The lowest BCUT2D eigenvalue weighted by Gasteiger charge is -2.12. The minimum absolute atomic E-state index is 0.000440. The van der Waals surface area contributed by atoms with Crippen LogP contribution in [0.15, 0.2) is 65.7 Å². The number of halogens is 1. The van der Waals surface area contributed by atoms with E-state index in [0.717, 1.165) is 23.7 Å². The van der Waals surface area contributed by atoms with Crippen LogP contribution in [-0.4, -0.2) is 13.4 Å². The first-order valence-electron chi connectivity index (χ1n) is 8.49. The molecule has 0 saturated heterocycles. The number of benzene rings is 2. The second kappa shape index (κ2) is 7.75. The minimum atomic E-state index is -3.81. The maximum absolute atomic E-state index is 13.4. The van der Waals surface area contributed by atoms with E-state index in [1.165, 1.54) is 25.3 Å². The molecule has 0 fully saturated rings. The van der Waals surface area contributed by atoms with E-state index in [4.69, 9.17) is 0 Å². The van der Waals surface area contributed by atoms with Crippen LogP contribution < -0.4 is 10.0 Å².